The van der Waals surface area contributed by atoms with E-state index in [1.165, 1.54) is 5.56 Å². The SMILES string of the molecule is Cc1ccc(C(C)C)c(OCCOc2ccc(Br)cc2C=NNC(=O)c2ccccc2)c1. The normalized spacial score (nSPS) is 11.0. The third kappa shape index (κ3) is 6.69. The van der Waals surface area contributed by atoms with Gasteiger partial charge in [-0.15, -0.1) is 0 Å². The molecule has 0 saturated heterocycles. The molecule has 0 bridgehead atoms. The molecule has 5 nitrogen and oxygen atoms in total. The minimum Gasteiger partial charge on any atom is -0.490 e. The van der Waals surface area contributed by atoms with E-state index in [1.807, 2.05) is 36.4 Å². The van der Waals surface area contributed by atoms with E-state index < -0.39 is 0 Å². The number of rotatable bonds is 9. The van der Waals surface area contributed by atoms with Crippen molar-refractivity contribution in [2.75, 3.05) is 13.2 Å². The third-order valence-corrected chi connectivity index (χ3v) is 5.26. The molecular formula is C26H27BrN2O3. The molecule has 0 radical (unpaired) electrons. The Kier molecular flexibility index (Phi) is 8.45. The second kappa shape index (κ2) is 11.5. The number of aryl methyl sites for hydroxylation is 1. The van der Waals surface area contributed by atoms with Crippen LogP contribution in [0.2, 0.25) is 0 Å². The maximum atomic E-state index is 12.1. The number of nitrogens with zero attached hydrogens (tertiary/aromatic N) is 1. The molecule has 166 valence electrons. The highest BCUT2D eigenvalue weighted by Gasteiger charge is 2.09. The predicted octanol–water partition coefficient (Wildman–Crippen LogP) is 6.10. The molecule has 0 atom stereocenters. The van der Waals surface area contributed by atoms with Crippen molar-refractivity contribution in [3.05, 3.63) is 93.5 Å². The van der Waals surface area contributed by atoms with Gasteiger partial charge in [-0.3, -0.25) is 4.79 Å². The molecule has 0 saturated carbocycles. The molecule has 0 aromatic heterocycles. The summed E-state index contributed by atoms with van der Waals surface area (Å²) >= 11 is 3.47. The van der Waals surface area contributed by atoms with Gasteiger partial charge in [0.2, 0.25) is 0 Å². The van der Waals surface area contributed by atoms with Crippen molar-refractivity contribution in [1.29, 1.82) is 0 Å². The zero-order valence-corrected chi connectivity index (χ0v) is 20.1. The van der Waals surface area contributed by atoms with Crippen molar-refractivity contribution < 1.29 is 14.3 Å². The van der Waals surface area contributed by atoms with Crippen molar-refractivity contribution in [2.45, 2.75) is 26.7 Å². The molecule has 0 fully saturated rings. The first-order chi connectivity index (χ1) is 15.4. The van der Waals surface area contributed by atoms with Gasteiger partial charge in [0.15, 0.2) is 0 Å². The second-order valence-electron chi connectivity index (χ2n) is 7.64. The minimum atomic E-state index is -0.271. The fraction of sp³-hybridized carbons (Fsp3) is 0.231. The van der Waals surface area contributed by atoms with Gasteiger partial charge in [0.25, 0.3) is 5.91 Å². The third-order valence-electron chi connectivity index (χ3n) is 4.77. The summed E-state index contributed by atoms with van der Waals surface area (Å²) in [5, 5.41) is 4.08. The van der Waals surface area contributed by atoms with Gasteiger partial charge in [0.05, 0.1) is 6.21 Å². The van der Waals surface area contributed by atoms with Gasteiger partial charge in [-0.05, 0) is 60.4 Å². The maximum Gasteiger partial charge on any atom is 0.271 e. The lowest BCUT2D eigenvalue weighted by molar-refractivity contribution is 0.0955. The Labute approximate surface area is 197 Å². The lowest BCUT2D eigenvalue weighted by Gasteiger charge is -2.15. The smallest absolute Gasteiger partial charge is 0.271 e. The lowest BCUT2D eigenvalue weighted by atomic mass is 10.0. The van der Waals surface area contributed by atoms with Crippen LogP contribution in [-0.2, 0) is 0 Å². The Hall–Kier alpha value is -3.12. The molecule has 1 N–H and O–H groups in total. The zero-order chi connectivity index (χ0) is 22.9. The summed E-state index contributed by atoms with van der Waals surface area (Å²) in [4.78, 5) is 12.1. The topological polar surface area (TPSA) is 59.9 Å². The van der Waals surface area contributed by atoms with Crippen molar-refractivity contribution in [1.82, 2.24) is 5.43 Å². The van der Waals surface area contributed by atoms with Gasteiger partial charge < -0.3 is 9.47 Å². The van der Waals surface area contributed by atoms with E-state index >= 15 is 0 Å². The molecule has 3 aromatic rings. The van der Waals surface area contributed by atoms with E-state index in [1.54, 1.807) is 18.3 Å². The van der Waals surface area contributed by atoms with Crippen LogP contribution in [0.1, 0.15) is 46.8 Å². The highest BCUT2D eigenvalue weighted by molar-refractivity contribution is 9.10. The van der Waals surface area contributed by atoms with Crippen molar-refractivity contribution in [2.24, 2.45) is 5.10 Å². The van der Waals surface area contributed by atoms with Crippen LogP contribution < -0.4 is 14.9 Å². The monoisotopic (exact) mass is 494 g/mol. The highest BCUT2D eigenvalue weighted by Crippen LogP contribution is 2.27. The number of halogens is 1. The Balaban J connectivity index is 1.60. The summed E-state index contributed by atoms with van der Waals surface area (Å²) in [6.45, 7) is 7.15. The summed E-state index contributed by atoms with van der Waals surface area (Å²) in [5.74, 6) is 1.66. The van der Waals surface area contributed by atoms with Crippen LogP contribution in [0.15, 0.2) is 76.3 Å². The second-order valence-corrected chi connectivity index (χ2v) is 8.56. The number of hydrogen-bond acceptors (Lipinski definition) is 4. The standard InChI is InChI=1S/C26H27BrN2O3/c1-18(2)23-11-9-19(3)15-25(23)32-14-13-31-24-12-10-22(27)16-21(24)17-28-29-26(30)20-7-5-4-6-8-20/h4-12,15-18H,13-14H2,1-3H3,(H,29,30). The first kappa shape index (κ1) is 23.5. The number of hydrogen-bond donors (Lipinski definition) is 1. The quantitative estimate of drug-likeness (QED) is 0.222. The lowest BCUT2D eigenvalue weighted by Crippen LogP contribution is -2.17. The molecule has 0 spiro atoms. The van der Waals surface area contributed by atoms with E-state index in [4.69, 9.17) is 9.47 Å². The van der Waals surface area contributed by atoms with Crippen LogP contribution in [0.4, 0.5) is 0 Å². The molecular weight excluding hydrogens is 468 g/mol. The van der Waals surface area contributed by atoms with E-state index in [-0.39, 0.29) is 5.91 Å². The zero-order valence-electron chi connectivity index (χ0n) is 18.5. The highest BCUT2D eigenvalue weighted by atomic mass is 79.9. The van der Waals surface area contributed by atoms with E-state index in [2.05, 4.69) is 65.4 Å². The van der Waals surface area contributed by atoms with Crippen molar-refractivity contribution >= 4 is 28.1 Å². The number of nitrogens with one attached hydrogen (secondary N) is 1. The molecule has 6 heteroatoms. The number of hydrazone groups is 1. The first-order valence-corrected chi connectivity index (χ1v) is 11.3. The molecule has 0 unspecified atom stereocenters. The number of carbonyl (C=O) groups is 1. The summed E-state index contributed by atoms with van der Waals surface area (Å²) in [6.07, 6.45) is 1.57. The van der Waals surface area contributed by atoms with Crippen molar-refractivity contribution in [3.8, 4) is 11.5 Å². The number of benzene rings is 3. The van der Waals surface area contributed by atoms with Crippen LogP contribution in [0.5, 0.6) is 11.5 Å². The van der Waals surface area contributed by atoms with E-state index in [0.29, 0.717) is 30.4 Å². The average molecular weight is 495 g/mol. The molecule has 0 aliphatic rings. The number of ether oxygens (including phenoxy) is 2. The van der Waals surface area contributed by atoms with Crippen molar-refractivity contribution in [3.63, 3.8) is 0 Å². The number of carbonyl (C=O) groups excluding carboxylic acids is 1. The molecule has 3 rings (SSSR count). The van der Waals surface area contributed by atoms with Crippen LogP contribution in [-0.4, -0.2) is 25.3 Å². The van der Waals surface area contributed by atoms with Gasteiger partial charge in [-0.2, -0.15) is 5.10 Å². The largest absolute Gasteiger partial charge is 0.490 e. The van der Waals surface area contributed by atoms with Crippen LogP contribution in [0.25, 0.3) is 0 Å². The fourth-order valence-electron chi connectivity index (χ4n) is 3.11. The van der Waals surface area contributed by atoms with Gasteiger partial charge in [0, 0.05) is 15.6 Å². The van der Waals surface area contributed by atoms with Gasteiger partial charge in [0.1, 0.15) is 24.7 Å². The summed E-state index contributed by atoms with van der Waals surface area (Å²) in [6, 6.07) is 20.8. The summed E-state index contributed by atoms with van der Waals surface area (Å²) < 4.78 is 12.8. The first-order valence-electron chi connectivity index (χ1n) is 10.5. The van der Waals surface area contributed by atoms with E-state index in [0.717, 1.165) is 21.3 Å². The molecule has 0 aliphatic heterocycles. The van der Waals surface area contributed by atoms with Crippen LogP contribution >= 0.6 is 15.9 Å². The Bertz CT molecular complexity index is 1080. The van der Waals surface area contributed by atoms with Gasteiger partial charge in [-0.25, -0.2) is 5.43 Å². The van der Waals surface area contributed by atoms with Gasteiger partial charge >= 0.3 is 0 Å². The van der Waals surface area contributed by atoms with E-state index in [9.17, 15) is 4.79 Å². The maximum absolute atomic E-state index is 12.1. The summed E-state index contributed by atoms with van der Waals surface area (Å²) in [7, 11) is 0. The molecule has 3 aromatic carbocycles. The average Bonchev–Trinajstić information content (AvgIpc) is 2.78. The molecule has 1 amide bonds. The van der Waals surface area contributed by atoms with Crippen LogP contribution in [0, 0.1) is 6.92 Å². The summed E-state index contributed by atoms with van der Waals surface area (Å²) in [5.41, 5.74) is 6.17. The molecule has 32 heavy (non-hydrogen) atoms. The predicted molar refractivity (Wildman–Crippen MR) is 132 cm³/mol. The van der Waals surface area contributed by atoms with Gasteiger partial charge in [-0.1, -0.05) is 60.1 Å². The molecule has 0 heterocycles. The Morgan fingerprint density at radius 1 is 1.00 bits per heavy atom. The molecule has 0 aliphatic carbocycles. The number of amides is 1. The van der Waals surface area contributed by atoms with Crippen LogP contribution in [0.3, 0.4) is 0 Å². The fourth-order valence-corrected chi connectivity index (χ4v) is 3.49. The minimum absolute atomic E-state index is 0.271. The Morgan fingerprint density at radius 3 is 2.44 bits per heavy atom. The Morgan fingerprint density at radius 2 is 1.72 bits per heavy atom.